The molecule has 1 aromatic rings. The average Bonchev–Trinajstić information content (AvgIpc) is 3.07. The van der Waals surface area contributed by atoms with E-state index in [1.165, 1.54) is 18.2 Å². The first-order chi connectivity index (χ1) is 11.9. The van der Waals surface area contributed by atoms with Crippen molar-refractivity contribution in [3.63, 3.8) is 0 Å². The SMILES string of the molecule is Cl.O=C(CC1CCCN1)N1CCCC(NS(=O)(=O)c2cccc(F)c2)C1. The predicted molar refractivity (Wildman–Crippen MR) is 99.2 cm³/mol. The third kappa shape index (κ3) is 5.39. The zero-order valence-corrected chi connectivity index (χ0v) is 16.1. The minimum Gasteiger partial charge on any atom is -0.341 e. The van der Waals surface area contributed by atoms with Crippen molar-refractivity contribution in [2.75, 3.05) is 19.6 Å². The van der Waals surface area contributed by atoms with Crippen LogP contribution in [0.5, 0.6) is 0 Å². The van der Waals surface area contributed by atoms with E-state index >= 15 is 0 Å². The van der Waals surface area contributed by atoms with Crippen molar-refractivity contribution in [3.8, 4) is 0 Å². The maximum absolute atomic E-state index is 13.3. The minimum absolute atomic E-state index is 0. The number of carbonyl (C=O) groups is 1. The Morgan fingerprint density at radius 1 is 1.31 bits per heavy atom. The summed E-state index contributed by atoms with van der Waals surface area (Å²) >= 11 is 0. The number of sulfonamides is 1. The van der Waals surface area contributed by atoms with Crippen molar-refractivity contribution >= 4 is 28.3 Å². The Morgan fingerprint density at radius 3 is 2.81 bits per heavy atom. The fourth-order valence-corrected chi connectivity index (χ4v) is 4.79. The molecule has 26 heavy (non-hydrogen) atoms. The molecule has 6 nitrogen and oxygen atoms in total. The van der Waals surface area contributed by atoms with Crippen molar-refractivity contribution in [3.05, 3.63) is 30.1 Å². The lowest BCUT2D eigenvalue weighted by molar-refractivity contribution is -0.132. The van der Waals surface area contributed by atoms with Gasteiger partial charge in [0.1, 0.15) is 5.82 Å². The van der Waals surface area contributed by atoms with Gasteiger partial charge in [-0.15, -0.1) is 12.4 Å². The van der Waals surface area contributed by atoms with E-state index in [0.717, 1.165) is 31.9 Å². The molecule has 1 amide bonds. The lowest BCUT2D eigenvalue weighted by Crippen LogP contribution is -2.50. The Kier molecular flexibility index (Phi) is 7.40. The van der Waals surface area contributed by atoms with Crippen LogP contribution in [-0.2, 0) is 14.8 Å². The van der Waals surface area contributed by atoms with E-state index in [1.54, 1.807) is 4.90 Å². The molecule has 2 saturated heterocycles. The van der Waals surface area contributed by atoms with Gasteiger partial charge in [0.15, 0.2) is 0 Å². The van der Waals surface area contributed by atoms with Gasteiger partial charge in [0, 0.05) is 31.6 Å². The van der Waals surface area contributed by atoms with Gasteiger partial charge in [0.05, 0.1) is 4.90 Å². The van der Waals surface area contributed by atoms with E-state index in [9.17, 15) is 17.6 Å². The van der Waals surface area contributed by atoms with Crippen molar-refractivity contribution in [2.24, 2.45) is 0 Å². The van der Waals surface area contributed by atoms with Gasteiger partial charge in [-0.1, -0.05) is 6.07 Å². The van der Waals surface area contributed by atoms with Crippen molar-refractivity contribution in [1.82, 2.24) is 14.9 Å². The average molecular weight is 406 g/mol. The Hall–Kier alpha value is -1.22. The molecule has 0 aliphatic carbocycles. The van der Waals surface area contributed by atoms with E-state index in [-0.39, 0.29) is 35.3 Å². The highest BCUT2D eigenvalue weighted by Crippen LogP contribution is 2.17. The smallest absolute Gasteiger partial charge is 0.240 e. The van der Waals surface area contributed by atoms with Crippen LogP contribution in [0.15, 0.2) is 29.2 Å². The highest BCUT2D eigenvalue weighted by atomic mass is 35.5. The van der Waals surface area contributed by atoms with Gasteiger partial charge in [-0.3, -0.25) is 4.79 Å². The van der Waals surface area contributed by atoms with Crippen molar-refractivity contribution < 1.29 is 17.6 Å². The van der Waals surface area contributed by atoms with Crippen molar-refractivity contribution in [2.45, 2.75) is 49.1 Å². The summed E-state index contributed by atoms with van der Waals surface area (Å²) in [5, 5.41) is 3.31. The summed E-state index contributed by atoms with van der Waals surface area (Å²) in [6.07, 6.45) is 3.98. The van der Waals surface area contributed by atoms with Crippen LogP contribution in [0.1, 0.15) is 32.1 Å². The summed E-state index contributed by atoms with van der Waals surface area (Å²) < 4.78 is 40.7. The lowest BCUT2D eigenvalue weighted by atomic mass is 10.0. The molecule has 1 aromatic carbocycles. The van der Waals surface area contributed by atoms with Gasteiger partial charge in [-0.2, -0.15) is 0 Å². The number of benzene rings is 1. The number of rotatable bonds is 5. The third-order valence-electron chi connectivity index (χ3n) is 4.79. The van der Waals surface area contributed by atoms with Gasteiger partial charge < -0.3 is 10.2 Å². The number of halogens is 2. The molecule has 2 aliphatic rings. The van der Waals surface area contributed by atoms with E-state index in [1.807, 2.05) is 0 Å². The van der Waals surface area contributed by atoms with Gasteiger partial charge in [0.25, 0.3) is 0 Å². The molecule has 2 fully saturated rings. The monoisotopic (exact) mass is 405 g/mol. The van der Waals surface area contributed by atoms with Crippen LogP contribution >= 0.6 is 12.4 Å². The van der Waals surface area contributed by atoms with Crippen LogP contribution in [0.3, 0.4) is 0 Å². The lowest BCUT2D eigenvalue weighted by Gasteiger charge is -2.33. The maximum atomic E-state index is 13.3. The molecule has 2 aliphatic heterocycles. The molecule has 0 spiro atoms. The number of amides is 1. The topological polar surface area (TPSA) is 78.5 Å². The second-order valence-electron chi connectivity index (χ2n) is 6.75. The highest BCUT2D eigenvalue weighted by Gasteiger charge is 2.29. The summed E-state index contributed by atoms with van der Waals surface area (Å²) in [5.41, 5.74) is 0. The largest absolute Gasteiger partial charge is 0.341 e. The molecular formula is C17H25ClFN3O3S. The van der Waals surface area contributed by atoms with Crippen LogP contribution < -0.4 is 10.0 Å². The van der Waals surface area contributed by atoms with Crippen molar-refractivity contribution in [1.29, 1.82) is 0 Å². The van der Waals surface area contributed by atoms with Gasteiger partial charge in [-0.05, 0) is 50.4 Å². The van der Waals surface area contributed by atoms with Crippen LogP contribution in [0.4, 0.5) is 4.39 Å². The molecule has 0 bridgehead atoms. The summed E-state index contributed by atoms with van der Waals surface area (Å²) in [7, 11) is -3.79. The molecule has 0 radical (unpaired) electrons. The summed E-state index contributed by atoms with van der Waals surface area (Å²) in [5.74, 6) is -0.526. The van der Waals surface area contributed by atoms with Gasteiger partial charge in [0.2, 0.25) is 15.9 Å². The molecule has 0 saturated carbocycles. The third-order valence-corrected chi connectivity index (χ3v) is 6.30. The van der Waals surface area contributed by atoms with Crippen LogP contribution in [0, 0.1) is 5.82 Å². The van der Waals surface area contributed by atoms with Crippen LogP contribution in [-0.4, -0.2) is 50.9 Å². The first kappa shape index (κ1) is 21.1. The standard InChI is InChI=1S/C17H24FN3O3S.ClH/c18-13-4-1-7-16(10-13)25(23,24)20-15-6-3-9-21(12-15)17(22)11-14-5-2-8-19-14;/h1,4,7,10,14-15,19-20H,2-3,5-6,8-9,11-12H2;1H. The number of hydrogen-bond acceptors (Lipinski definition) is 4. The van der Waals surface area contributed by atoms with E-state index in [4.69, 9.17) is 0 Å². The number of nitrogens with one attached hydrogen (secondary N) is 2. The summed E-state index contributed by atoms with van der Waals surface area (Å²) in [6.45, 7) is 1.97. The number of hydrogen-bond donors (Lipinski definition) is 2. The first-order valence-electron chi connectivity index (χ1n) is 8.73. The van der Waals surface area contributed by atoms with E-state index in [2.05, 4.69) is 10.0 Å². The summed E-state index contributed by atoms with van der Waals surface area (Å²) in [4.78, 5) is 14.1. The molecule has 2 heterocycles. The zero-order chi connectivity index (χ0) is 17.9. The minimum atomic E-state index is -3.79. The quantitative estimate of drug-likeness (QED) is 0.780. The molecule has 146 valence electrons. The van der Waals surface area contributed by atoms with Crippen LogP contribution in [0.2, 0.25) is 0 Å². The van der Waals surface area contributed by atoms with Crippen LogP contribution in [0.25, 0.3) is 0 Å². The Bertz CT molecular complexity index is 726. The molecule has 0 aromatic heterocycles. The first-order valence-corrected chi connectivity index (χ1v) is 10.2. The molecule has 2 atom stereocenters. The molecule has 2 unspecified atom stereocenters. The summed E-state index contributed by atoms with van der Waals surface area (Å²) in [6, 6.07) is 4.83. The number of likely N-dealkylation sites (tertiary alicyclic amines) is 1. The van der Waals surface area contributed by atoms with Gasteiger partial charge >= 0.3 is 0 Å². The predicted octanol–water partition coefficient (Wildman–Crippen LogP) is 1.66. The number of carbonyl (C=O) groups excluding carboxylic acids is 1. The Morgan fingerprint density at radius 2 is 2.12 bits per heavy atom. The molecule has 9 heteroatoms. The Labute approximate surface area is 160 Å². The highest BCUT2D eigenvalue weighted by molar-refractivity contribution is 7.89. The fraction of sp³-hybridized carbons (Fsp3) is 0.588. The molecular weight excluding hydrogens is 381 g/mol. The number of nitrogens with zero attached hydrogens (tertiary/aromatic N) is 1. The van der Waals surface area contributed by atoms with E-state index in [0.29, 0.717) is 25.9 Å². The molecule has 3 rings (SSSR count). The Balaban J connectivity index is 0.00000243. The zero-order valence-electron chi connectivity index (χ0n) is 14.5. The van der Waals surface area contributed by atoms with E-state index < -0.39 is 15.8 Å². The van der Waals surface area contributed by atoms with Gasteiger partial charge in [-0.25, -0.2) is 17.5 Å². The number of piperidine rings is 1. The second kappa shape index (κ2) is 9.12. The molecule has 2 N–H and O–H groups in total. The normalized spacial score (nSPS) is 23.5. The second-order valence-corrected chi connectivity index (χ2v) is 8.47. The maximum Gasteiger partial charge on any atom is 0.240 e. The fourth-order valence-electron chi connectivity index (χ4n) is 3.49.